The zero-order chi connectivity index (χ0) is 22.5. The second-order valence-electron chi connectivity index (χ2n) is 8.23. The number of amides is 2. The van der Waals surface area contributed by atoms with Gasteiger partial charge in [0.2, 0.25) is 0 Å². The van der Waals surface area contributed by atoms with Crippen LogP contribution in [0.5, 0.6) is 0 Å². The van der Waals surface area contributed by atoms with Gasteiger partial charge in [0.15, 0.2) is 5.11 Å². The Balaban J connectivity index is 1.76. The fraction of sp³-hybridized carbons (Fsp3) is 0.208. The highest BCUT2D eigenvalue weighted by atomic mass is 32.1. The van der Waals surface area contributed by atoms with Gasteiger partial charge in [-0.25, -0.2) is 9.29 Å². The van der Waals surface area contributed by atoms with Crippen molar-refractivity contribution in [3.05, 3.63) is 71.1 Å². The Bertz CT molecular complexity index is 1200. The van der Waals surface area contributed by atoms with E-state index in [1.54, 1.807) is 6.07 Å². The summed E-state index contributed by atoms with van der Waals surface area (Å²) in [5, 5.41) is 2.34. The number of benzene rings is 2. The first kappa shape index (κ1) is 20.9. The van der Waals surface area contributed by atoms with Crippen molar-refractivity contribution in [3.63, 3.8) is 0 Å². The van der Waals surface area contributed by atoms with Gasteiger partial charge in [-0.05, 0) is 74.5 Å². The second-order valence-corrected chi connectivity index (χ2v) is 8.61. The lowest BCUT2D eigenvalue weighted by molar-refractivity contribution is -0.122. The molecule has 0 aliphatic carbocycles. The van der Waals surface area contributed by atoms with Crippen LogP contribution in [0.4, 0.5) is 15.8 Å². The number of halogens is 1. The van der Waals surface area contributed by atoms with Gasteiger partial charge in [0.05, 0.1) is 11.2 Å². The summed E-state index contributed by atoms with van der Waals surface area (Å²) < 4.78 is 14.3. The molecule has 4 rings (SSSR count). The number of hydrogen-bond donors (Lipinski definition) is 1. The predicted octanol–water partition coefficient (Wildman–Crippen LogP) is 4.29. The van der Waals surface area contributed by atoms with Gasteiger partial charge in [0, 0.05) is 18.3 Å². The van der Waals surface area contributed by atoms with Gasteiger partial charge < -0.3 is 4.90 Å². The van der Waals surface area contributed by atoms with Crippen LogP contribution in [-0.4, -0.2) is 29.5 Å². The van der Waals surface area contributed by atoms with Gasteiger partial charge in [-0.2, -0.15) is 0 Å². The Morgan fingerprint density at radius 3 is 2.52 bits per heavy atom. The van der Waals surface area contributed by atoms with Gasteiger partial charge in [0.25, 0.3) is 11.8 Å². The Hall–Kier alpha value is -3.32. The van der Waals surface area contributed by atoms with E-state index in [-0.39, 0.29) is 21.9 Å². The summed E-state index contributed by atoms with van der Waals surface area (Å²) in [5.41, 5.74) is 3.68. The molecule has 1 fully saturated rings. The summed E-state index contributed by atoms with van der Waals surface area (Å²) in [7, 11) is 2.03. The minimum absolute atomic E-state index is 0.00326. The molecule has 7 heteroatoms. The molecule has 0 bridgehead atoms. The number of carbonyl (C=O) groups excluding carboxylic acids is 2. The van der Waals surface area contributed by atoms with E-state index in [1.807, 2.05) is 32.2 Å². The number of nitrogens with one attached hydrogen (secondary N) is 1. The number of carbonyl (C=O) groups is 2. The van der Waals surface area contributed by atoms with Crippen LogP contribution in [0.3, 0.4) is 0 Å². The highest BCUT2D eigenvalue weighted by Crippen LogP contribution is 2.38. The molecule has 2 aromatic carbocycles. The van der Waals surface area contributed by atoms with E-state index in [4.69, 9.17) is 12.2 Å². The standard InChI is InChI=1S/C24H22FN3O2S/c1-14-13-24(2,3)27(4)19-10-9-15(11-16(14)19)12-17-21(29)26-23(31)28(22(17)30)20-8-6-5-7-18(20)25/h5-13H,1-4H3,(H,26,29,31)/b17-12-. The molecule has 5 nitrogen and oxygen atoms in total. The summed E-state index contributed by atoms with van der Waals surface area (Å²) in [5.74, 6) is -1.87. The number of allylic oxidation sites excluding steroid dienone is 1. The van der Waals surface area contributed by atoms with Crippen LogP contribution in [-0.2, 0) is 9.59 Å². The van der Waals surface area contributed by atoms with E-state index < -0.39 is 17.6 Å². The van der Waals surface area contributed by atoms with E-state index >= 15 is 0 Å². The third-order valence-corrected chi connectivity index (χ3v) is 6.03. The maximum Gasteiger partial charge on any atom is 0.270 e. The van der Waals surface area contributed by atoms with Crippen LogP contribution in [0.1, 0.15) is 31.9 Å². The maximum atomic E-state index is 14.3. The summed E-state index contributed by atoms with van der Waals surface area (Å²) in [6, 6.07) is 11.6. The molecular formula is C24H22FN3O2S. The molecule has 1 saturated heterocycles. The molecule has 0 aromatic heterocycles. The number of hydrogen-bond acceptors (Lipinski definition) is 4. The largest absolute Gasteiger partial charge is 0.366 e. The van der Waals surface area contributed by atoms with Crippen molar-refractivity contribution < 1.29 is 14.0 Å². The Kier molecular flexibility index (Phi) is 5.01. The van der Waals surface area contributed by atoms with E-state index in [2.05, 4.69) is 30.1 Å². The molecule has 158 valence electrons. The summed E-state index contributed by atoms with van der Waals surface area (Å²) in [6.45, 7) is 6.32. The lowest BCUT2D eigenvalue weighted by Crippen LogP contribution is -2.54. The molecule has 31 heavy (non-hydrogen) atoms. The van der Waals surface area contributed by atoms with Gasteiger partial charge in [-0.15, -0.1) is 0 Å². The van der Waals surface area contributed by atoms with Crippen molar-refractivity contribution in [3.8, 4) is 0 Å². The Morgan fingerprint density at radius 1 is 1.10 bits per heavy atom. The molecule has 0 saturated carbocycles. The quantitative estimate of drug-likeness (QED) is 0.434. The lowest BCUT2D eigenvalue weighted by Gasteiger charge is -2.40. The predicted molar refractivity (Wildman–Crippen MR) is 125 cm³/mol. The average Bonchev–Trinajstić information content (AvgIpc) is 2.70. The summed E-state index contributed by atoms with van der Waals surface area (Å²) >= 11 is 5.14. The third kappa shape index (κ3) is 3.55. The van der Waals surface area contributed by atoms with Crippen LogP contribution in [0.2, 0.25) is 0 Å². The van der Waals surface area contributed by atoms with Crippen molar-refractivity contribution in [2.24, 2.45) is 0 Å². The lowest BCUT2D eigenvalue weighted by atomic mass is 9.88. The van der Waals surface area contributed by atoms with Crippen LogP contribution in [0.15, 0.2) is 54.1 Å². The smallest absolute Gasteiger partial charge is 0.270 e. The monoisotopic (exact) mass is 435 g/mol. The number of nitrogens with zero attached hydrogens (tertiary/aromatic N) is 2. The fourth-order valence-electron chi connectivity index (χ4n) is 3.94. The van der Waals surface area contributed by atoms with Crippen molar-refractivity contribution in [2.75, 3.05) is 16.8 Å². The first-order valence-electron chi connectivity index (χ1n) is 9.84. The van der Waals surface area contributed by atoms with Crippen molar-refractivity contribution in [1.82, 2.24) is 5.32 Å². The van der Waals surface area contributed by atoms with Gasteiger partial charge in [-0.1, -0.05) is 24.3 Å². The minimum atomic E-state index is -0.665. The maximum absolute atomic E-state index is 14.3. The highest BCUT2D eigenvalue weighted by Gasteiger charge is 2.36. The van der Waals surface area contributed by atoms with Crippen molar-refractivity contribution in [1.29, 1.82) is 0 Å². The van der Waals surface area contributed by atoms with Crippen LogP contribution < -0.4 is 15.1 Å². The first-order valence-corrected chi connectivity index (χ1v) is 10.2. The SMILES string of the molecule is CC1=CC(C)(C)N(C)c2ccc(/C=C3/C(=O)NC(=S)N(c4ccccc4F)C3=O)cc21. The van der Waals surface area contributed by atoms with Crippen LogP contribution in [0.25, 0.3) is 11.6 Å². The van der Waals surface area contributed by atoms with E-state index in [9.17, 15) is 14.0 Å². The number of fused-ring (bicyclic) bond motifs is 1. The number of para-hydroxylation sites is 1. The van der Waals surface area contributed by atoms with Crippen molar-refractivity contribution >= 4 is 52.2 Å². The summed E-state index contributed by atoms with van der Waals surface area (Å²) in [6.07, 6.45) is 3.70. The molecule has 2 aliphatic heterocycles. The Labute approximate surface area is 185 Å². The zero-order valence-electron chi connectivity index (χ0n) is 17.7. The van der Waals surface area contributed by atoms with Gasteiger partial charge in [0.1, 0.15) is 11.4 Å². The van der Waals surface area contributed by atoms with E-state index in [0.717, 1.165) is 21.7 Å². The number of thiocarbonyl (C=S) groups is 1. The third-order valence-electron chi connectivity index (χ3n) is 5.75. The molecule has 2 heterocycles. The number of anilines is 2. The van der Waals surface area contributed by atoms with Crippen molar-refractivity contribution in [2.45, 2.75) is 26.3 Å². The minimum Gasteiger partial charge on any atom is -0.366 e. The molecule has 0 unspecified atom stereocenters. The molecule has 0 radical (unpaired) electrons. The second kappa shape index (κ2) is 7.42. The summed E-state index contributed by atoms with van der Waals surface area (Å²) in [4.78, 5) is 28.9. The molecule has 2 aromatic rings. The normalized spacial score (nSPS) is 19.3. The molecule has 0 spiro atoms. The van der Waals surface area contributed by atoms with E-state index in [0.29, 0.717) is 5.56 Å². The van der Waals surface area contributed by atoms with E-state index in [1.165, 1.54) is 24.3 Å². The highest BCUT2D eigenvalue weighted by molar-refractivity contribution is 7.80. The van der Waals surface area contributed by atoms with Gasteiger partial charge >= 0.3 is 0 Å². The number of rotatable bonds is 2. The average molecular weight is 436 g/mol. The number of likely N-dealkylation sites (N-methyl/N-ethyl adjacent to an activating group) is 1. The topological polar surface area (TPSA) is 52.7 Å². The first-order chi connectivity index (χ1) is 14.6. The molecule has 2 amide bonds. The molecule has 2 aliphatic rings. The van der Waals surface area contributed by atoms with Crippen LogP contribution in [0, 0.1) is 5.82 Å². The fourth-order valence-corrected chi connectivity index (χ4v) is 4.22. The molecular weight excluding hydrogens is 413 g/mol. The van der Waals surface area contributed by atoms with Gasteiger partial charge in [-0.3, -0.25) is 14.9 Å². The zero-order valence-corrected chi connectivity index (χ0v) is 18.5. The molecule has 0 atom stereocenters. The van der Waals surface area contributed by atoms with Crippen LogP contribution >= 0.6 is 12.2 Å². The Morgan fingerprint density at radius 2 is 1.81 bits per heavy atom. The molecule has 1 N–H and O–H groups in total.